The predicted molar refractivity (Wildman–Crippen MR) is 178 cm³/mol. The second-order valence-corrected chi connectivity index (χ2v) is 12.9. The summed E-state index contributed by atoms with van der Waals surface area (Å²) in [5, 5.41) is 2.96. The lowest BCUT2D eigenvalue weighted by atomic mass is 10.0. The molecule has 0 aromatic heterocycles. The van der Waals surface area contributed by atoms with Crippen LogP contribution < -0.4 is 14.4 Å². The molecule has 9 heteroatoms. The smallest absolute Gasteiger partial charge is 0.264 e. The van der Waals surface area contributed by atoms with E-state index in [2.05, 4.69) is 5.32 Å². The number of benzene rings is 4. The molecule has 1 N–H and O–H groups in total. The highest BCUT2D eigenvalue weighted by molar-refractivity contribution is 7.92. The van der Waals surface area contributed by atoms with Gasteiger partial charge < -0.3 is 15.0 Å². The van der Waals surface area contributed by atoms with Gasteiger partial charge in [-0.15, -0.1) is 0 Å². The quantitative estimate of drug-likeness (QED) is 0.194. The normalized spacial score (nSPS) is 11.8. The number of nitrogens with one attached hydrogen (secondary N) is 1. The Hall–Kier alpha value is -4.63. The van der Waals surface area contributed by atoms with Gasteiger partial charge in [0, 0.05) is 19.5 Å². The minimum absolute atomic E-state index is 0.0688. The third-order valence-electron chi connectivity index (χ3n) is 7.52. The number of amides is 2. The first-order valence-electron chi connectivity index (χ1n) is 15.0. The van der Waals surface area contributed by atoms with Gasteiger partial charge in [-0.25, -0.2) is 8.42 Å². The van der Waals surface area contributed by atoms with Crippen molar-refractivity contribution >= 4 is 27.5 Å². The fourth-order valence-corrected chi connectivity index (χ4v) is 6.38. The van der Waals surface area contributed by atoms with Gasteiger partial charge in [-0.3, -0.25) is 13.9 Å². The molecule has 8 nitrogen and oxygen atoms in total. The molecule has 0 aliphatic rings. The predicted octanol–water partition coefficient (Wildman–Crippen LogP) is 5.67. The maximum atomic E-state index is 14.5. The molecule has 0 saturated carbocycles. The molecule has 0 heterocycles. The topological polar surface area (TPSA) is 96.0 Å². The molecule has 4 rings (SSSR count). The van der Waals surface area contributed by atoms with Gasteiger partial charge in [0.2, 0.25) is 11.8 Å². The van der Waals surface area contributed by atoms with E-state index < -0.39 is 28.5 Å². The highest BCUT2D eigenvalue weighted by atomic mass is 32.2. The summed E-state index contributed by atoms with van der Waals surface area (Å²) in [5.74, 6) is -0.208. The van der Waals surface area contributed by atoms with Gasteiger partial charge in [0.25, 0.3) is 10.0 Å². The minimum atomic E-state index is -4.15. The van der Waals surface area contributed by atoms with E-state index in [0.717, 1.165) is 33.0 Å². The van der Waals surface area contributed by atoms with Crippen LogP contribution in [0.1, 0.15) is 35.6 Å². The van der Waals surface area contributed by atoms with Gasteiger partial charge in [-0.2, -0.15) is 0 Å². The molecule has 0 spiro atoms. The monoisotopic (exact) mass is 627 g/mol. The summed E-state index contributed by atoms with van der Waals surface area (Å²) in [6, 6.07) is 29.4. The molecule has 2 amide bonds. The van der Waals surface area contributed by atoms with E-state index >= 15 is 0 Å². The Balaban J connectivity index is 1.80. The Labute approximate surface area is 266 Å². The van der Waals surface area contributed by atoms with E-state index in [9.17, 15) is 18.0 Å². The summed E-state index contributed by atoms with van der Waals surface area (Å²) >= 11 is 0. The Morgan fingerprint density at radius 1 is 0.822 bits per heavy atom. The molecule has 0 aliphatic carbocycles. The average molecular weight is 628 g/mol. The summed E-state index contributed by atoms with van der Waals surface area (Å²) in [7, 11) is -2.59. The van der Waals surface area contributed by atoms with E-state index in [1.54, 1.807) is 49.6 Å². The number of methoxy groups -OCH3 is 1. The number of anilines is 1. The van der Waals surface area contributed by atoms with Crippen LogP contribution in [-0.2, 0) is 32.6 Å². The second-order valence-electron chi connectivity index (χ2n) is 11.0. The fraction of sp³-hybridized carbons (Fsp3) is 0.278. The number of nitrogens with zero attached hydrogens (tertiary/aromatic N) is 2. The number of aryl methyl sites for hydroxylation is 2. The largest absolute Gasteiger partial charge is 0.497 e. The van der Waals surface area contributed by atoms with Crippen molar-refractivity contribution < 1.29 is 22.7 Å². The van der Waals surface area contributed by atoms with Crippen LogP contribution in [-0.4, -0.2) is 51.4 Å². The molecular formula is C36H41N3O5S. The summed E-state index contributed by atoms with van der Waals surface area (Å²) in [4.78, 5) is 29.8. The van der Waals surface area contributed by atoms with Gasteiger partial charge in [0.15, 0.2) is 0 Å². The molecule has 0 fully saturated rings. The SMILES string of the molecule is CCCNC(=O)[C@@H](Cc1ccccc1)N(Cc1cccc(OC)c1)C(=O)CN(c1ccc(C)cc1)S(=O)(=O)c1ccc(C)cc1. The Morgan fingerprint density at radius 2 is 1.44 bits per heavy atom. The molecular weight excluding hydrogens is 586 g/mol. The van der Waals surface area contributed by atoms with Crippen LogP contribution in [0.15, 0.2) is 108 Å². The molecule has 0 saturated heterocycles. The number of ether oxygens (including phenoxy) is 1. The summed E-state index contributed by atoms with van der Waals surface area (Å²) < 4.78 is 34.8. The standard InChI is InChI=1S/C36H41N3O5S/c1-5-22-37-36(41)34(24-29-10-7-6-8-11-29)38(25-30-12-9-13-32(23-30)44-4)35(40)26-39(31-18-14-27(2)15-19-31)45(42,43)33-20-16-28(3)17-21-33/h6-21,23,34H,5,22,24-26H2,1-4H3,(H,37,41)/t34-/m1/s1. The first kappa shape index (κ1) is 33.3. The van der Waals surface area contributed by atoms with Crippen molar-refractivity contribution in [3.05, 3.63) is 125 Å². The fourth-order valence-electron chi connectivity index (χ4n) is 4.96. The van der Waals surface area contributed by atoms with E-state index in [0.29, 0.717) is 18.0 Å². The Bertz CT molecular complexity index is 1670. The van der Waals surface area contributed by atoms with Crippen LogP contribution in [0.3, 0.4) is 0 Å². The first-order chi connectivity index (χ1) is 21.6. The van der Waals surface area contributed by atoms with Crippen molar-refractivity contribution in [1.29, 1.82) is 0 Å². The molecule has 4 aromatic carbocycles. The van der Waals surface area contributed by atoms with Gasteiger partial charge in [-0.05, 0) is 67.8 Å². The van der Waals surface area contributed by atoms with Crippen LogP contribution >= 0.6 is 0 Å². The lowest BCUT2D eigenvalue weighted by molar-refractivity contribution is -0.140. The molecule has 0 unspecified atom stereocenters. The molecule has 45 heavy (non-hydrogen) atoms. The number of sulfonamides is 1. The Kier molecular flexibility index (Phi) is 11.4. The molecule has 236 valence electrons. The molecule has 1 atom stereocenters. The van der Waals surface area contributed by atoms with Crippen LogP contribution in [0.25, 0.3) is 0 Å². The summed E-state index contributed by atoms with van der Waals surface area (Å²) in [6.45, 7) is 5.76. The number of carbonyl (C=O) groups excluding carboxylic acids is 2. The van der Waals surface area contributed by atoms with Crippen molar-refractivity contribution in [1.82, 2.24) is 10.2 Å². The maximum Gasteiger partial charge on any atom is 0.264 e. The van der Waals surface area contributed by atoms with Crippen LogP contribution in [0.4, 0.5) is 5.69 Å². The van der Waals surface area contributed by atoms with E-state index in [1.165, 1.54) is 4.90 Å². The molecule has 0 radical (unpaired) electrons. The van der Waals surface area contributed by atoms with Gasteiger partial charge >= 0.3 is 0 Å². The lowest BCUT2D eigenvalue weighted by Crippen LogP contribution is -2.53. The van der Waals surface area contributed by atoms with Crippen LogP contribution in [0.2, 0.25) is 0 Å². The van der Waals surface area contributed by atoms with E-state index in [4.69, 9.17) is 4.74 Å². The van der Waals surface area contributed by atoms with E-state index in [-0.39, 0.29) is 23.8 Å². The zero-order chi connectivity index (χ0) is 32.4. The third-order valence-corrected chi connectivity index (χ3v) is 9.31. The van der Waals surface area contributed by atoms with Crippen molar-refractivity contribution in [2.45, 2.75) is 51.1 Å². The third kappa shape index (κ3) is 8.73. The first-order valence-corrected chi connectivity index (χ1v) is 16.5. The average Bonchev–Trinajstić information content (AvgIpc) is 3.05. The molecule has 4 aromatic rings. The highest BCUT2D eigenvalue weighted by Gasteiger charge is 2.34. The number of hydrogen-bond donors (Lipinski definition) is 1. The number of carbonyl (C=O) groups is 2. The zero-order valence-corrected chi connectivity index (χ0v) is 27.1. The van der Waals surface area contributed by atoms with Gasteiger partial charge in [0.1, 0.15) is 18.3 Å². The zero-order valence-electron chi connectivity index (χ0n) is 26.3. The van der Waals surface area contributed by atoms with Crippen molar-refractivity contribution in [3.63, 3.8) is 0 Å². The number of rotatable bonds is 14. The summed E-state index contributed by atoms with van der Waals surface area (Å²) in [5.41, 5.74) is 3.84. The van der Waals surface area contributed by atoms with Crippen LogP contribution in [0, 0.1) is 13.8 Å². The molecule has 0 aliphatic heterocycles. The van der Waals surface area contributed by atoms with E-state index in [1.807, 2.05) is 81.4 Å². The summed E-state index contributed by atoms with van der Waals surface area (Å²) in [6.07, 6.45) is 0.977. The number of hydrogen-bond acceptors (Lipinski definition) is 5. The van der Waals surface area contributed by atoms with Gasteiger partial charge in [-0.1, -0.05) is 84.8 Å². The molecule has 0 bridgehead atoms. The highest BCUT2D eigenvalue weighted by Crippen LogP contribution is 2.26. The van der Waals surface area contributed by atoms with Crippen molar-refractivity contribution in [2.75, 3.05) is 24.5 Å². The van der Waals surface area contributed by atoms with Crippen LogP contribution in [0.5, 0.6) is 5.75 Å². The second kappa shape index (κ2) is 15.4. The van der Waals surface area contributed by atoms with Crippen molar-refractivity contribution in [2.24, 2.45) is 0 Å². The maximum absolute atomic E-state index is 14.5. The Morgan fingerprint density at radius 3 is 2.07 bits per heavy atom. The lowest BCUT2D eigenvalue weighted by Gasteiger charge is -2.34. The minimum Gasteiger partial charge on any atom is -0.497 e. The van der Waals surface area contributed by atoms with Gasteiger partial charge in [0.05, 0.1) is 17.7 Å². The van der Waals surface area contributed by atoms with Crippen molar-refractivity contribution in [3.8, 4) is 5.75 Å².